The molecule has 0 saturated heterocycles. The van der Waals surface area contributed by atoms with Gasteiger partial charge in [-0.2, -0.15) is 0 Å². The summed E-state index contributed by atoms with van der Waals surface area (Å²) in [6, 6.07) is 11.3. The maximum atomic E-state index is 11.7. The minimum absolute atomic E-state index is 0.283. The number of benzene rings is 1. The molecule has 20 heavy (non-hydrogen) atoms. The normalized spacial score (nSPS) is 10.1. The fourth-order valence-electron chi connectivity index (χ4n) is 1.88. The van der Waals surface area contributed by atoms with Crippen LogP contribution in [-0.2, 0) is 11.3 Å². The number of hydrogen-bond acceptors (Lipinski definition) is 4. The average Bonchev–Trinajstić information content (AvgIpc) is 2.46. The van der Waals surface area contributed by atoms with Gasteiger partial charge < -0.3 is 10.1 Å². The molecule has 1 aromatic carbocycles. The standard InChI is InChI=1S/C16H18N2O2/c1-3-20-16(19)14-6-4-5-13(10-14)11-18-15-7-8-17-12(2)9-15/h4-10H,3,11H2,1-2H3,(H,17,18). The average molecular weight is 270 g/mol. The van der Waals surface area contributed by atoms with Crippen molar-refractivity contribution in [3.05, 3.63) is 59.4 Å². The first-order valence-corrected chi connectivity index (χ1v) is 6.61. The van der Waals surface area contributed by atoms with E-state index >= 15 is 0 Å². The molecule has 4 nitrogen and oxygen atoms in total. The Morgan fingerprint density at radius 2 is 2.15 bits per heavy atom. The molecule has 0 aliphatic rings. The summed E-state index contributed by atoms with van der Waals surface area (Å²) in [5, 5.41) is 3.31. The van der Waals surface area contributed by atoms with Gasteiger partial charge in [0.05, 0.1) is 12.2 Å². The molecule has 0 atom stereocenters. The van der Waals surface area contributed by atoms with Crippen molar-refractivity contribution in [2.45, 2.75) is 20.4 Å². The summed E-state index contributed by atoms with van der Waals surface area (Å²) in [6.07, 6.45) is 1.77. The lowest BCUT2D eigenvalue weighted by molar-refractivity contribution is 0.0526. The summed E-state index contributed by atoms with van der Waals surface area (Å²) >= 11 is 0. The van der Waals surface area contributed by atoms with E-state index in [1.165, 1.54) is 0 Å². The number of ether oxygens (including phenoxy) is 1. The fraction of sp³-hybridized carbons (Fsp3) is 0.250. The van der Waals surface area contributed by atoms with Gasteiger partial charge in [-0.1, -0.05) is 12.1 Å². The fourth-order valence-corrected chi connectivity index (χ4v) is 1.88. The molecule has 0 aliphatic carbocycles. The molecule has 1 heterocycles. The molecule has 0 unspecified atom stereocenters. The van der Waals surface area contributed by atoms with Crippen LogP contribution in [-0.4, -0.2) is 17.6 Å². The van der Waals surface area contributed by atoms with Gasteiger partial charge in [0.25, 0.3) is 0 Å². The van der Waals surface area contributed by atoms with Crippen LogP contribution in [0.4, 0.5) is 5.69 Å². The zero-order valence-electron chi connectivity index (χ0n) is 11.7. The largest absolute Gasteiger partial charge is 0.462 e. The Morgan fingerprint density at radius 3 is 2.90 bits per heavy atom. The summed E-state index contributed by atoms with van der Waals surface area (Å²) in [5.41, 5.74) is 3.59. The minimum atomic E-state index is -0.283. The van der Waals surface area contributed by atoms with Crippen LogP contribution in [0.15, 0.2) is 42.6 Å². The van der Waals surface area contributed by atoms with E-state index in [0.717, 1.165) is 16.9 Å². The SMILES string of the molecule is CCOC(=O)c1cccc(CNc2ccnc(C)c2)c1. The molecule has 4 heteroatoms. The van der Waals surface area contributed by atoms with Crippen molar-refractivity contribution < 1.29 is 9.53 Å². The Hall–Kier alpha value is -2.36. The van der Waals surface area contributed by atoms with E-state index in [9.17, 15) is 4.79 Å². The number of nitrogens with one attached hydrogen (secondary N) is 1. The number of aryl methyl sites for hydroxylation is 1. The second-order valence-electron chi connectivity index (χ2n) is 4.46. The van der Waals surface area contributed by atoms with Gasteiger partial charge in [0.2, 0.25) is 0 Å². The van der Waals surface area contributed by atoms with Crippen LogP contribution in [0.3, 0.4) is 0 Å². The number of aromatic nitrogens is 1. The third-order valence-corrected chi connectivity index (χ3v) is 2.83. The molecule has 0 saturated carbocycles. The minimum Gasteiger partial charge on any atom is -0.462 e. The van der Waals surface area contributed by atoms with Crippen LogP contribution in [0, 0.1) is 6.92 Å². The quantitative estimate of drug-likeness (QED) is 0.848. The Labute approximate surface area is 118 Å². The van der Waals surface area contributed by atoms with Crippen LogP contribution in [0.25, 0.3) is 0 Å². The monoisotopic (exact) mass is 270 g/mol. The van der Waals surface area contributed by atoms with Gasteiger partial charge in [-0.15, -0.1) is 0 Å². The number of carbonyl (C=O) groups is 1. The van der Waals surface area contributed by atoms with Crippen molar-refractivity contribution in [2.75, 3.05) is 11.9 Å². The van der Waals surface area contributed by atoms with Crippen molar-refractivity contribution >= 4 is 11.7 Å². The number of rotatable bonds is 5. The van der Waals surface area contributed by atoms with Crippen LogP contribution in [0.2, 0.25) is 0 Å². The highest BCUT2D eigenvalue weighted by molar-refractivity contribution is 5.89. The Morgan fingerprint density at radius 1 is 1.30 bits per heavy atom. The molecular weight excluding hydrogens is 252 g/mol. The highest BCUT2D eigenvalue weighted by Crippen LogP contribution is 2.11. The lowest BCUT2D eigenvalue weighted by Crippen LogP contribution is -2.06. The number of anilines is 1. The number of carbonyl (C=O) groups excluding carboxylic acids is 1. The Balaban J connectivity index is 2.03. The predicted octanol–water partition coefficient (Wildman–Crippen LogP) is 3.18. The van der Waals surface area contributed by atoms with Gasteiger partial charge in [0, 0.05) is 24.1 Å². The van der Waals surface area contributed by atoms with Crippen molar-refractivity contribution in [3.63, 3.8) is 0 Å². The third-order valence-electron chi connectivity index (χ3n) is 2.83. The number of hydrogen-bond donors (Lipinski definition) is 1. The van der Waals surface area contributed by atoms with E-state index in [1.807, 2.05) is 37.3 Å². The van der Waals surface area contributed by atoms with Crippen LogP contribution >= 0.6 is 0 Å². The van der Waals surface area contributed by atoms with Crippen LogP contribution in [0.5, 0.6) is 0 Å². The summed E-state index contributed by atoms with van der Waals surface area (Å²) in [6.45, 7) is 4.79. The smallest absolute Gasteiger partial charge is 0.338 e. The zero-order chi connectivity index (χ0) is 14.4. The van der Waals surface area contributed by atoms with Gasteiger partial charge in [-0.25, -0.2) is 4.79 Å². The zero-order valence-corrected chi connectivity index (χ0v) is 11.7. The Bertz CT molecular complexity index is 597. The van der Waals surface area contributed by atoms with Gasteiger partial charge in [-0.05, 0) is 43.7 Å². The van der Waals surface area contributed by atoms with E-state index in [2.05, 4.69) is 10.3 Å². The lowest BCUT2D eigenvalue weighted by atomic mass is 10.1. The molecule has 0 amide bonds. The molecular formula is C16H18N2O2. The first kappa shape index (κ1) is 14.1. The molecule has 0 radical (unpaired) electrons. The second-order valence-corrected chi connectivity index (χ2v) is 4.46. The number of esters is 1. The molecule has 0 fully saturated rings. The van der Waals surface area contributed by atoms with Crippen LogP contribution < -0.4 is 5.32 Å². The topological polar surface area (TPSA) is 51.2 Å². The number of pyridine rings is 1. The van der Waals surface area contributed by atoms with Crippen molar-refractivity contribution in [1.29, 1.82) is 0 Å². The molecule has 1 N–H and O–H groups in total. The molecule has 2 rings (SSSR count). The van der Waals surface area contributed by atoms with Crippen molar-refractivity contribution in [2.24, 2.45) is 0 Å². The van der Waals surface area contributed by atoms with E-state index < -0.39 is 0 Å². The highest BCUT2D eigenvalue weighted by atomic mass is 16.5. The van der Waals surface area contributed by atoms with E-state index in [-0.39, 0.29) is 5.97 Å². The van der Waals surface area contributed by atoms with E-state index in [4.69, 9.17) is 4.74 Å². The maximum Gasteiger partial charge on any atom is 0.338 e. The molecule has 2 aromatic rings. The van der Waals surface area contributed by atoms with E-state index in [1.54, 1.807) is 19.2 Å². The van der Waals surface area contributed by atoms with Gasteiger partial charge in [-0.3, -0.25) is 4.98 Å². The summed E-state index contributed by atoms with van der Waals surface area (Å²) in [5.74, 6) is -0.283. The summed E-state index contributed by atoms with van der Waals surface area (Å²) < 4.78 is 4.99. The number of nitrogens with zero attached hydrogens (tertiary/aromatic N) is 1. The first-order chi connectivity index (χ1) is 9.69. The highest BCUT2D eigenvalue weighted by Gasteiger charge is 2.06. The summed E-state index contributed by atoms with van der Waals surface area (Å²) in [4.78, 5) is 15.8. The van der Waals surface area contributed by atoms with Gasteiger partial charge in [0.15, 0.2) is 0 Å². The van der Waals surface area contributed by atoms with Gasteiger partial charge in [0.1, 0.15) is 0 Å². The second kappa shape index (κ2) is 6.70. The first-order valence-electron chi connectivity index (χ1n) is 6.61. The third kappa shape index (κ3) is 3.82. The predicted molar refractivity (Wildman–Crippen MR) is 78.7 cm³/mol. The Kier molecular flexibility index (Phi) is 4.71. The van der Waals surface area contributed by atoms with Crippen molar-refractivity contribution in [3.8, 4) is 0 Å². The van der Waals surface area contributed by atoms with Crippen LogP contribution in [0.1, 0.15) is 28.5 Å². The van der Waals surface area contributed by atoms with Gasteiger partial charge >= 0.3 is 5.97 Å². The van der Waals surface area contributed by atoms with Crippen molar-refractivity contribution in [1.82, 2.24) is 4.98 Å². The molecule has 1 aromatic heterocycles. The molecule has 0 spiro atoms. The summed E-state index contributed by atoms with van der Waals surface area (Å²) in [7, 11) is 0. The lowest BCUT2D eigenvalue weighted by Gasteiger charge is -2.08. The molecule has 0 bridgehead atoms. The van der Waals surface area contributed by atoms with E-state index in [0.29, 0.717) is 18.7 Å². The molecule has 0 aliphatic heterocycles. The molecule has 104 valence electrons. The maximum absolute atomic E-state index is 11.7.